The van der Waals surface area contributed by atoms with Crippen LogP contribution in [0.4, 0.5) is 0 Å². The van der Waals surface area contributed by atoms with Crippen LogP contribution in [0.5, 0.6) is 0 Å². The van der Waals surface area contributed by atoms with Crippen LogP contribution in [0.1, 0.15) is 41.0 Å². The minimum Gasteiger partial charge on any atom is -0.298 e. The quantitative estimate of drug-likeness (QED) is 0.631. The van der Waals surface area contributed by atoms with Crippen molar-refractivity contribution in [2.45, 2.75) is 46.6 Å². The van der Waals surface area contributed by atoms with Crippen LogP contribution in [0, 0.1) is 0 Å². The molecule has 1 unspecified atom stereocenters. The third-order valence-corrected chi connectivity index (χ3v) is 2.91. The molecule has 0 aliphatic carbocycles. The van der Waals surface area contributed by atoms with E-state index in [9.17, 15) is 4.79 Å². The van der Waals surface area contributed by atoms with Crippen molar-refractivity contribution < 1.29 is 4.79 Å². The average Bonchev–Trinajstić information content (AvgIpc) is 2.05. The first-order valence-corrected chi connectivity index (χ1v) is 4.79. The zero-order chi connectivity index (χ0) is 9.78. The predicted octanol–water partition coefficient (Wildman–Crippen LogP) is 2.09. The highest BCUT2D eigenvalue weighted by Crippen LogP contribution is 2.19. The molecule has 0 radical (unpaired) electrons. The Morgan fingerprint density at radius 1 is 1.25 bits per heavy atom. The predicted molar refractivity (Wildman–Crippen MR) is 52.3 cm³/mol. The van der Waals surface area contributed by atoms with E-state index >= 15 is 0 Å². The lowest BCUT2D eigenvalue weighted by Gasteiger charge is -2.37. The first kappa shape index (κ1) is 11.6. The summed E-state index contributed by atoms with van der Waals surface area (Å²) in [6.45, 7) is 11.9. The van der Waals surface area contributed by atoms with Crippen LogP contribution in [-0.4, -0.2) is 29.3 Å². The van der Waals surface area contributed by atoms with Crippen molar-refractivity contribution in [2.75, 3.05) is 13.1 Å². The Kier molecular flexibility index (Phi) is 4.46. The fourth-order valence-corrected chi connectivity index (χ4v) is 1.62. The zero-order valence-electron chi connectivity index (χ0n) is 8.98. The Morgan fingerprint density at radius 2 is 1.67 bits per heavy atom. The van der Waals surface area contributed by atoms with Gasteiger partial charge in [0.1, 0.15) is 5.78 Å². The molecule has 0 saturated carbocycles. The van der Waals surface area contributed by atoms with Crippen molar-refractivity contribution in [1.82, 2.24) is 4.90 Å². The van der Waals surface area contributed by atoms with E-state index in [1.807, 2.05) is 6.92 Å². The molecule has 0 spiro atoms. The highest BCUT2D eigenvalue weighted by atomic mass is 16.1. The second-order valence-corrected chi connectivity index (χ2v) is 3.36. The van der Waals surface area contributed by atoms with Gasteiger partial charge in [-0.3, -0.25) is 9.69 Å². The first-order chi connectivity index (χ1) is 5.52. The van der Waals surface area contributed by atoms with Gasteiger partial charge in [-0.05, 0) is 33.4 Å². The van der Waals surface area contributed by atoms with Crippen molar-refractivity contribution in [1.29, 1.82) is 0 Å². The standard InChI is InChI=1S/C10H21NO/c1-6-10(5,9(4)12)11(7-2)8-3/h6-8H2,1-5H3. The van der Waals surface area contributed by atoms with Gasteiger partial charge in [-0.1, -0.05) is 20.8 Å². The molecule has 2 heteroatoms. The van der Waals surface area contributed by atoms with Crippen molar-refractivity contribution >= 4 is 5.78 Å². The van der Waals surface area contributed by atoms with E-state index in [2.05, 4.69) is 25.7 Å². The molecule has 12 heavy (non-hydrogen) atoms. The molecule has 72 valence electrons. The Bertz CT molecular complexity index is 152. The van der Waals surface area contributed by atoms with Crippen LogP contribution >= 0.6 is 0 Å². The molecule has 0 aromatic heterocycles. The van der Waals surface area contributed by atoms with E-state index < -0.39 is 0 Å². The number of nitrogens with zero attached hydrogens (tertiary/aromatic N) is 1. The lowest BCUT2D eigenvalue weighted by molar-refractivity contribution is -0.128. The molecule has 0 heterocycles. The van der Waals surface area contributed by atoms with E-state index in [4.69, 9.17) is 0 Å². The monoisotopic (exact) mass is 171 g/mol. The van der Waals surface area contributed by atoms with Crippen LogP contribution in [0.3, 0.4) is 0 Å². The number of carbonyl (C=O) groups is 1. The normalized spacial score (nSPS) is 16.2. The Labute approximate surface area is 75.9 Å². The van der Waals surface area contributed by atoms with E-state index in [-0.39, 0.29) is 11.3 Å². The van der Waals surface area contributed by atoms with Gasteiger partial charge in [-0.25, -0.2) is 0 Å². The Balaban J connectivity index is 4.58. The molecule has 0 fully saturated rings. The number of hydrogen-bond acceptors (Lipinski definition) is 2. The molecule has 0 aliphatic heterocycles. The second-order valence-electron chi connectivity index (χ2n) is 3.36. The summed E-state index contributed by atoms with van der Waals surface area (Å²) in [5, 5.41) is 0. The molecule has 0 amide bonds. The third-order valence-electron chi connectivity index (χ3n) is 2.91. The van der Waals surface area contributed by atoms with Gasteiger partial charge in [0.2, 0.25) is 0 Å². The Morgan fingerprint density at radius 3 is 1.75 bits per heavy atom. The van der Waals surface area contributed by atoms with Gasteiger partial charge < -0.3 is 0 Å². The maximum absolute atomic E-state index is 11.4. The largest absolute Gasteiger partial charge is 0.298 e. The third kappa shape index (κ3) is 2.07. The van der Waals surface area contributed by atoms with Crippen molar-refractivity contribution in [3.63, 3.8) is 0 Å². The highest BCUT2D eigenvalue weighted by Gasteiger charge is 2.32. The molecule has 0 aromatic carbocycles. The minimum absolute atomic E-state index is 0.247. The van der Waals surface area contributed by atoms with Crippen molar-refractivity contribution in [3.8, 4) is 0 Å². The molecule has 2 nitrogen and oxygen atoms in total. The van der Waals surface area contributed by atoms with E-state index in [0.717, 1.165) is 19.5 Å². The number of hydrogen-bond donors (Lipinski definition) is 0. The molecule has 0 N–H and O–H groups in total. The fourth-order valence-electron chi connectivity index (χ4n) is 1.62. The summed E-state index contributed by atoms with van der Waals surface area (Å²) in [7, 11) is 0. The summed E-state index contributed by atoms with van der Waals surface area (Å²) in [5.41, 5.74) is -0.247. The molecular weight excluding hydrogens is 150 g/mol. The number of carbonyl (C=O) groups excluding carboxylic acids is 1. The van der Waals surface area contributed by atoms with E-state index in [0.29, 0.717) is 0 Å². The van der Waals surface area contributed by atoms with Gasteiger partial charge in [0.15, 0.2) is 0 Å². The van der Waals surface area contributed by atoms with Crippen LogP contribution in [0.2, 0.25) is 0 Å². The number of ketones is 1. The average molecular weight is 171 g/mol. The van der Waals surface area contributed by atoms with Crippen molar-refractivity contribution in [2.24, 2.45) is 0 Å². The molecule has 0 bridgehead atoms. The molecular formula is C10H21NO. The van der Waals surface area contributed by atoms with E-state index in [1.54, 1.807) is 6.92 Å². The van der Waals surface area contributed by atoms with Crippen molar-refractivity contribution in [3.05, 3.63) is 0 Å². The topological polar surface area (TPSA) is 20.3 Å². The number of likely N-dealkylation sites (N-methyl/N-ethyl adjacent to an activating group) is 1. The molecule has 1 atom stereocenters. The fraction of sp³-hybridized carbons (Fsp3) is 0.900. The Hall–Kier alpha value is -0.370. The maximum atomic E-state index is 11.4. The molecule has 0 aromatic rings. The van der Waals surface area contributed by atoms with Crippen LogP contribution in [0.25, 0.3) is 0 Å². The van der Waals surface area contributed by atoms with Crippen LogP contribution in [-0.2, 0) is 4.79 Å². The smallest absolute Gasteiger partial charge is 0.149 e. The SMILES string of the molecule is CCN(CC)C(C)(CC)C(C)=O. The maximum Gasteiger partial charge on any atom is 0.149 e. The van der Waals surface area contributed by atoms with E-state index in [1.165, 1.54) is 0 Å². The van der Waals surface area contributed by atoms with Gasteiger partial charge in [0, 0.05) is 0 Å². The zero-order valence-corrected chi connectivity index (χ0v) is 8.98. The van der Waals surface area contributed by atoms with Gasteiger partial charge in [-0.2, -0.15) is 0 Å². The van der Waals surface area contributed by atoms with Crippen LogP contribution < -0.4 is 0 Å². The van der Waals surface area contributed by atoms with Crippen LogP contribution in [0.15, 0.2) is 0 Å². The molecule has 0 saturated heterocycles. The number of rotatable bonds is 5. The first-order valence-electron chi connectivity index (χ1n) is 4.79. The minimum atomic E-state index is -0.247. The molecule has 0 rings (SSSR count). The summed E-state index contributed by atoms with van der Waals surface area (Å²) in [5.74, 6) is 0.272. The summed E-state index contributed by atoms with van der Waals surface area (Å²) < 4.78 is 0. The van der Waals surface area contributed by atoms with Gasteiger partial charge >= 0.3 is 0 Å². The second kappa shape index (κ2) is 4.61. The summed E-state index contributed by atoms with van der Waals surface area (Å²) >= 11 is 0. The summed E-state index contributed by atoms with van der Waals surface area (Å²) in [6.07, 6.45) is 0.893. The number of Topliss-reactive ketones (excluding diaryl/α,β-unsaturated/α-hetero) is 1. The summed E-state index contributed by atoms with van der Waals surface area (Å²) in [6, 6.07) is 0. The van der Waals surface area contributed by atoms with Gasteiger partial charge in [-0.15, -0.1) is 0 Å². The lowest BCUT2D eigenvalue weighted by Crippen LogP contribution is -2.50. The van der Waals surface area contributed by atoms with Gasteiger partial charge in [0.05, 0.1) is 5.54 Å². The molecule has 0 aliphatic rings. The van der Waals surface area contributed by atoms with Gasteiger partial charge in [0.25, 0.3) is 0 Å². The summed E-state index contributed by atoms with van der Waals surface area (Å²) in [4.78, 5) is 13.6. The lowest BCUT2D eigenvalue weighted by atomic mass is 9.92. The highest BCUT2D eigenvalue weighted by molar-refractivity contribution is 5.85.